The van der Waals surface area contributed by atoms with Gasteiger partial charge in [-0.1, -0.05) is 36.4 Å². The van der Waals surface area contributed by atoms with Gasteiger partial charge in [-0.15, -0.1) is 0 Å². The van der Waals surface area contributed by atoms with E-state index in [0.717, 1.165) is 24.9 Å². The highest BCUT2D eigenvalue weighted by Crippen LogP contribution is 2.23. The molecule has 1 fully saturated rings. The third-order valence-corrected chi connectivity index (χ3v) is 5.90. The van der Waals surface area contributed by atoms with Gasteiger partial charge >= 0.3 is 0 Å². The van der Waals surface area contributed by atoms with Gasteiger partial charge < -0.3 is 21.1 Å². The van der Waals surface area contributed by atoms with Gasteiger partial charge in [0.15, 0.2) is 6.61 Å². The molecule has 3 aromatic rings. The molecule has 1 saturated heterocycles. The number of benzene rings is 3. The molecule has 4 N–H and O–H groups in total. The second kappa shape index (κ2) is 11.5. The van der Waals surface area contributed by atoms with Crippen molar-refractivity contribution in [2.45, 2.75) is 25.4 Å². The zero-order chi connectivity index (χ0) is 25.5. The predicted molar refractivity (Wildman–Crippen MR) is 134 cm³/mol. The number of anilines is 2. The Morgan fingerprint density at radius 2 is 1.78 bits per heavy atom. The van der Waals surface area contributed by atoms with Gasteiger partial charge in [0.1, 0.15) is 11.6 Å². The van der Waals surface area contributed by atoms with Crippen molar-refractivity contribution in [3.63, 3.8) is 0 Å². The number of likely N-dealkylation sites (tertiary alicyclic amines) is 1. The summed E-state index contributed by atoms with van der Waals surface area (Å²) in [6, 6.07) is 19.5. The van der Waals surface area contributed by atoms with Crippen LogP contribution >= 0.6 is 0 Å². The van der Waals surface area contributed by atoms with Gasteiger partial charge in [0.05, 0.1) is 17.3 Å². The number of hydrogen-bond donors (Lipinski definition) is 3. The lowest BCUT2D eigenvalue weighted by Crippen LogP contribution is -2.39. The first kappa shape index (κ1) is 24.9. The van der Waals surface area contributed by atoms with E-state index in [4.69, 9.17) is 10.5 Å². The Morgan fingerprint density at radius 1 is 1.00 bits per heavy atom. The molecule has 1 heterocycles. The van der Waals surface area contributed by atoms with Crippen LogP contribution in [0.25, 0.3) is 0 Å². The lowest BCUT2D eigenvalue weighted by Gasteiger charge is -2.22. The van der Waals surface area contributed by atoms with Crippen molar-refractivity contribution in [3.05, 3.63) is 89.7 Å². The van der Waals surface area contributed by atoms with E-state index in [-0.39, 0.29) is 28.9 Å². The third-order valence-electron chi connectivity index (χ3n) is 5.90. The molecule has 3 amide bonds. The molecule has 1 atom stereocenters. The average molecular weight is 491 g/mol. The number of nitrogens with zero attached hydrogens (tertiary/aromatic N) is 1. The average Bonchev–Trinajstić information content (AvgIpc) is 3.33. The fourth-order valence-electron chi connectivity index (χ4n) is 4.19. The van der Waals surface area contributed by atoms with Gasteiger partial charge in [-0.3, -0.25) is 19.3 Å². The molecule has 186 valence electrons. The summed E-state index contributed by atoms with van der Waals surface area (Å²) in [6.45, 7) is 0.943. The van der Waals surface area contributed by atoms with Gasteiger partial charge in [-0.05, 0) is 61.3 Å². The van der Waals surface area contributed by atoms with Crippen molar-refractivity contribution in [2.75, 3.05) is 23.8 Å². The molecule has 0 aliphatic carbocycles. The van der Waals surface area contributed by atoms with Crippen molar-refractivity contribution in [1.29, 1.82) is 0 Å². The largest absolute Gasteiger partial charge is 0.483 e. The van der Waals surface area contributed by atoms with E-state index in [1.807, 2.05) is 23.1 Å². The van der Waals surface area contributed by atoms with Gasteiger partial charge in [-0.2, -0.15) is 0 Å². The Kier molecular flexibility index (Phi) is 7.92. The summed E-state index contributed by atoms with van der Waals surface area (Å²) < 4.78 is 19.3. The first-order valence-corrected chi connectivity index (χ1v) is 11.6. The Labute approximate surface area is 208 Å². The zero-order valence-electron chi connectivity index (χ0n) is 19.6. The van der Waals surface area contributed by atoms with Crippen molar-refractivity contribution in [3.8, 4) is 5.75 Å². The topological polar surface area (TPSA) is 114 Å². The Hall–Kier alpha value is -4.24. The monoisotopic (exact) mass is 490 g/mol. The fraction of sp³-hybridized carbons (Fsp3) is 0.222. The van der Waals surface area contributed by atoms with E-state index in [0.29, 0.717) is 12.2 Å². The molecular weight excluding hydrogens is 463 g/mol. The van der Waals surface area contributed by atoms with E-state index >= 15 is 0 Å². The number of rotatable bonds is 9. The van der Waals surface area contributed by atoms with Gasteiger partial charge in [-0.25, -0.2) is 4.39 Å². The summed E-state index contributed by atoms with van der Waals surface area (Å²) >= 11 is 0. The minimum atomic E-state index is -0.556. The first-order chi connectivity index (χ1) is 17.4. The molecule has 1 aliphatic heterocycles. The standard InChI is InChI=1S/C27H27FN4O4/c28-21-10-2-3-11-22(21)31-25(33)17-36-24-13-4-1-9-20(24)27(35)30-19-8-5-7-18(15-19)16-32-14-6-12-23(32)26(29)34/h1-5,7-11,13,15,23H,6,12,14,16-17H2,(H2,29,34)(H,30,35)(H,31,33). The maximum absolute atomic E-state index is 13.8. The number of amides is 3. The van der Waals surface area contributed by atoms with Crippen LogP contribution in [0.5, 0.6) is 5.75 Å². The number of ether oxygens (including phenoxy) is 1. The highest BCUT2D eigenvalue weighted by atomic mass is 19.1. The van der Waals surface area contributed by atoms with Crippen LogP contribution in [0.15, 0.2) is 72.8 Å². The number of nitrogens with two attached hydrogens (primary N) is 1. The van der Waals surface area contributed by atoms with Crippen molar-refractivity contribution in [2.24, 2.45) is 5.73 Å². The molecule has 0 aromatic heterocycles. The minimum Gasteiger partial charge on any atom is -0.483 e. The van der Waals surface area contributed by atoms with E-state index in [1.54, 1.807) is 36.4 Å². The molecule has 9 heteroatoms. The molecule has 0 spiro atoms. The van der Waals surface area contributed by atoms with Crippen LogP contribution in [0.1, 0.15) is 28.8 Å². The SMILES string of the molecule is NC(=O)C1CCCN1Cc1cccc(NC(=O)c2ccccc2OCC(=O)Nc2ccccc2F)c1. The van der Waals surface area contributed by atoms with Crippen LogP contribution in [-0.4, -0.2) is 41.8 Å². The van der Waals surface area contributed by atoms with Crippen LogP contribution in [0.3, 0.4) is 0 Å². The molecular formula is C27H27FN4O4. The van der Waals surface area contributed by atoms with Crippen LogP contribution in [0.4, 0.5) is 15.8 Å². The Bertz CT molecular complexity index is 1270. The predicted octanol–water partition coefficient (Wildman–Crippen LogP) is 3.55. The highest BCUT2D eigenvalue weighted by molar-refractivity contribution is 6.06. The quantitative estimate of drug-likeness (QED) is 0.425. The third kappa shape index (κ3) is 6.25. The summed E-state index contributed by atoms with van der Waals surface area (Å²) in [7, 11) is 0. The number of halogens is 1. The molecule has 8 nitrogen and oxygen atoms in total. The summed E-state index contributed by atoms with van der Waals surface area (Å²) in [5, 5.41) is 5.30. The van der Waals surface area contributed by atoms with Crippen LogP contribution in [0.2, 0.25) is 0 Å². The highest BCUT2D eigenvalue weighted by Gasteiger charge is 2.28. The molecule has 0 saturated carbocycles. The zero-order valence-corrected chi connectivity index (χ0v) is 19.6. The van der Waals surface area contributed by atoms with Gasteiger partial charge in [0.25, 0.3) is 11.8 Å². The smallest absolute Gasteiger partial charge is 0.262 e. The van der Waals surface area contributed by atoms with Gasteiger partial charge in [0.2, 0.25) is 5.91 Å². The van der Waals surface area contributed by atoms with Crippen molar-refractivity contribution < 1.29 is 23.5 Å². The maximum Gasteiger partial charge on any atom is 0.262 e. The Morgan fingerprint density at radius 3 is 2.58 bits per heavy atom. The number of carbonyl (C=O) groups is 3. The minimum absolute atomic E-state index is 0.0492. The van der Waals surface area contributed by atoms with Crippen molar-refractivity contribution >= 4 is 29.1 Å². The summed E-state index contributed by atoms with van der Waals surface area (Å²) in [4.78, 5) is 38.9. The second-order valence-corrected chi connectivity index (χ2v) is 8.50. The Balaban J connectivity index is 1.39. The van der Waals surface area contributed by atoms with Crippen LogP contribution in [-0.2, 0) is 16.1 Å². The van der Waals surface area contributed by atoms with Crippen LogP contribution < -0.4 is 21.1 Å². The van der Waals surface area contributed by atoms with Crippen LogP contribution in [0, 0.1) is 5.82 Å². The molecule has 1 unspecified atom stereocenters. The second-order valence-electron chi connectivity index (χ2n) is 8.50. The number of primary amides is 1. The van der Waals surface area contributed by atoms with E-state index in [1.165, 1.54) is 18.2 Å². The first-order valence-electron chi connectivity index (χ1n) is 11.6. The van der Waals surface area contributed by atoms with Gasteiger partial charge in [0, 0.05) is 12.2 Å². The number of para-hydroxylation sites is 2. The molecule has 4 rings (SSSR count). The molecule has 0 bridgehead atoms. The normalized spacial score (nSPS) is 15.3. The lowest BCUT2D eigenvalue weighted by atomic mass is 10.1. The van der Waals surface area contributed by atoms with E-state index < -0.39 is 24.2 Å². The molecule has 1 aliphatic rings. The number of carbonyl (C=O) groups excluding carboxylic acids is 3. The maximum atomic E-state index is 13.8. The number of hydrogen-bond acceptors (Lipinski definition) is 5. The van der Waals surface area contributed by atoms with E-state index in [9.17, 15) is 18.8 Å². The molecule has 0 radical (unpaired) electrons. The summed E-state index contributed by atoms with van der Waals surface area (Å²) in [5.41, 5.74) is 7.33. The van der Waals surface area contributed by atoms with E-state index in [2.05, 4.69) is 10.6 Å². The lowest BCUT2D eigenvalue weighted by molar-refractivity contribution is -0.122. The fourth-order valence-corrected chi connectivity index (χ4v) is 4.19. The number of nitrogens with one attached hydrogen (secondary N) is 2. The van der Waals surface area contributed by atoms with Crippen molar-refractivity contribution in [1.82, 2.24) is 4.90 Å². The summed E-state index contributed by atoms with van der Waals surface area (Å²) in [6.07, 6.45) is 1.67. The molecule has 3 aromatic carbocycles. The molecule has 36 heavy (non-hydrogen) atoms. The summed E-state index contributed by atoms with van der Waals surface area (Å²) in [5.74, 6) is -1.62.